The van der Waals surface area contributed by atoms with Crippen LogP contribution in [0.4, 0.5) is 11.8 Å². The van der Waals surface area contributed by atoms with Gasteiger partial charge in [-0.05, 0) is 45.6 Å². The van der Waals surface area contributed by atoms with Crippen LogP contribution in [0.5, 0.6) is 11.5 Å². The van der Waals surface area contributed by atoms with E-state index in [9.17, 15) is 9.59 Å². The number of rotatable bonds is 11. The van der Waals surface area contributed by atoms with Gasteiger partial charge >= 0.3 is 0 Å². The summed E-state index contributed by atoms with van der Waals surface area (Å²) in [4.78, 5) is 40.8. The Kier molecular flexibility index (Phi) is 8.89. The molecule has 4 rings (SSSR count). The zero-order valence-corrected chi connectivity index (χ0v) is 22.6. The molecule has 2 aliphatic rings. The Bertz CT molecular complexity index is 1110. The number of nitrogens with one attached hydrogen (secondary N) is 1. The van der Waals surface area contributed by atoms with E-state index >= 15 is 0 Å². The van der Waals surface area contributed by atoms with Gasteiger partial charge in [0.2, 0.25) is 17.8 Å². The van der Waals surface area contributed by atoms with E-state index in [1.165, 1.54) is 0 Å². The molecule has 10 heteroatoms. The van der Waals surface area contributed by atoms with Crippen LogP contribution >= 0.6 is 0 Å². The number of amides is 2. The first-order chi connectivity index (χ1) is 18.0. The minimum absolute atomic E-state index is 0.0623. The van der Waals surface area contributed by atoms with E-state index in [1.54, 1.807) is 14.2 Å². The molecule has 0 aliphatic carbocycles. The fraction of sp³-hybridized carbons (Fsp3) is 0.630. The Morgan fingerprint density at radius 3 is 2.54 bits per heavy atom. The quantitative estimate of drug-likeness (QED) is 0.459. The van der Waals surface area contributed by atoms with Gasteiger partial charge in [-0.3, -0.25) is 9.59 Å². The van der Waals surface area contributed by atoms with Gasteiger partial charge in [0.1, 0.15) is 5.82 Å². The molecule has 0 spiro atoms. The molecule has 1 N–H and O–H groups in total. The largest absolute Gasteiger partial charge is 0.493 e. The molecule has 2 amide bonds. The van der Waals surface area contributed by atoms with Crippen molar-refractivity contribution in [2.45, 2.75) is 46.0 Å². The normalized spacial score (nSPS) is 17.8. The molecule has 1 aromatic carbocycles. The Hall–Kier alpha value is -3.30. The second-order valence-corrected chi connectivity index (χ2v) is 9.66. The van der Waals surface area contributed by atoms with Crippen LogP contribution < -0.4 is 19.7 Å². The third kappa shape index (κ3) is 5.99. The number of ether oxygens (including phenoxy) is 2. The second kappa shape index (κ2) is 12.3. The lowest BCUT2D eigenvalue weighted by atomic mass is 9.96. The van der Waals surface area contributed by atoms with Gasteiger partial charge in [-0.1, -0.05) is 0 Å². The van der Waals surface area contributed by atoms with Crippen LogP contribution in [0.15, 0.2) is 12.1 Å². The maximum Gasteiger partial charge on any atom is 0.227 e. The third-order valence-corrected chi connectivity index (χ3v) is 7.39. The van der Waals surface area contributed by atoms with Crippen molar-refractivity contribution in [3.8, 4) is 11.5 Å². The van der Waals surface area contributed by atoms with E-state index in [4.69, 9.17) is 19.4 Å². The van der Waals surface area contributed by atoms with Crippen LogP contribution in [0.2, 0.25) is 0 Å². The SMILES string of the molecule is CCN(CC)C(=O)C1CCCN(c2nc(NCCCN3CCCC3=O)c3cc(OC)c(OC)cc3n2)C1. The van der Waals surface area contributed by atoms with Gasteiger partial charge in [0.05, 0.1) is 25.7 Å². The van der Waals surface area contributed by atoms with Crippen molar-refractivity contribution in [1.82, 2.24) is 19.8 Å². The van der Waals surface area contributed by atoms with Gasteiger partial charge < -0.3 is 29.5 Å². The summed E-state index contributed by atoms with van der Waals surface area (Å²) in [6.07, 6.45) is 4.22. The molecule has 202 valence electrons. The lowest BCUT2D eigenvalue weighted by Gasteiger charge is -2.34. The smallest absolute Gasteiger partial charge is 0.227 e. The van der Waals surface area contributed by atoms with Crippen LogP contribution in [0.3, 0.4) is 0 Å². The Labute approximate surface area is 219 Å². The number of hydrogen-bond donors (Lipinski definition) is 1. The third-order valence-electron chi connectivity index (χ3n) is 7.39. The van der Waals surface area contributed by atoms with Crippen LogP contribution in [-0.2, 0) is 9.59 Å². The van der Waals surface area contributed by atoms with Gasteiger partial charge in [-0.2, -0.15) is 4.98 Å². The van der Waals surface area contributed by atoms with Crippen LogP contribution in [-0.4, -0.2) is 91.6 Å². The van der Waals surface area contributed by atoms with Crippen LogP contribution in [0.1, 0.15) is 46.0 Å². The molecule has 1 atom stereocenters. The molecule has 2 aliphatic heterocycles. The first-order valence-corrected chi connectivity index (χ1v) is 13.5. The molecule has 0 radical (unpaired) electrons. The number of piperidine rings is 1. The number of carbonyl (C=O) groups excluding carboxylic acids is 2. The molecular weight excluding hydrogens is 472 g/mol. The predicted molar refractivity (Wildman–Crippen MR) is 144 cm³/mol. The summed E-state index contributed by atoms with van der Waals surface area (Å²) in [5.41, 5.74) is 0.747. The standard InChI is InChI=1S/C27H40N6O4/c1-5-31(6-2)26(35)19-10-7-14-33(18-19)27-29-21-17-23(37-4)22(36-3)16-20(21)25(30-27)28-12-9-15-32-13-8-11-24(32)34/h16-17,19H,5-15,18H2,1-4H3,(H,28,29,30). The average molecular weight is 513 g/mol. The van der Waals surface area contributed by atoms with E-state index in [0.717, 1.165) is 69.3 Å². The average Bonchev–Trinajstić information content (AvgIpc) is 3.34. The summed E-state index contributed by atoms with van der Waals surface area (Å²) in [6, 6.07) is 3.77. The fourth-order valence-corrected chi connectivity index (χ4v) is 5.29. The fourth-order valence-electron chi connectivity index (χ4n) is 5.29. The highest BCUT2D eigenvalue weighted by Gasteiger charge is 2.30. The highest BCUT2D eigenvalue weighted by atomic mass is 16.5. The summed E-state index contributed by atoms with van der Waals surface area (Å²) in [5.74, 6) is 2.92. The molecule has 3 heterocycles. The van der Waals surface area contributed by atoms with Crippen molar-refractivity contribution in [2.24, 2.45) is 5.92 Å². The minimum Gasteiger partial charge on any atom is -0.493 e. The van der Waals surface area contributed by atoms with E-state index in [-0.39, 0.29) is 17.7 Å². The summed E-state index contributed by atoms with van der Waals surface area (Å²) in [6.45, 7) is 9.14. The van der Waals surface area contributed by atoms with Crippen molar-refractivity contribution < 1.29 is 19.1 Å². The van der Waals surface area contributed by atoms with E-state index in [0.29, 0.717) is 42.8 Å². The van der Waals surface area contributed by atoms with Crippen molar-refractivity contribution in [3.63, 3.8) is 0 Å². The summed E-state index contributed by atoms with van der Waals surface area (Å²) >= 11 is 0. The van der Waals surface area contributed by atoms with Gasteiger partial charge in [0.25, 0.3) is 0 Å². The summed E-state index contributed by atoms with van der Waals surface area (Å²) in [7, 11) is 3.22. The van der Waals surface area contributed by atoms with Crippen LogP contribution in [0.25, 0.3) is 10.9 Å². The molecule has 0 saturated carbocycles. The molecule has 2 saturated heterocycles. The molecular formula is C27H40N6O4. The highest BCUT2D eigenvalue weighted by Crippen LogP contribution is 2.35. The van der Waals surface area contributed by atoms with E-state index in [1.807, 2.05) is 35.8 Å². The second-order valence-electron chi connectivity index (χ2n) is 9.66. The molecule has 2 fully saturated rings. The summed E-state index contributed by atoms with van der Waals surface area (Å²) < 4.78 is 11.1. The van der Waals surface area contributed by atoms with Crippen molar-refractivity contribution in [2.75, 3.05) is 70.2 Å². The Morgan fingerprint density at radius 2 is 1.86 bits per heavy atom. The molecule has 0 bridgehead atoms. The maximum absolute atomic E-state index is 13.1. The zero-order valence-electron chi connectivity index (χ0n) is 22.6. The number of benzene rings is 1. The summed E-state index contributed by atoms with van der Waals surface area (Å²) in [5, 5.41) is 4.32. The highest BCUT2D eigenvalue weighted by molar-refractivity contribution is 5.93. The minimum atomic E-state index is -0.0623. The Balaban J connectivity index is 1.58. The lowest BCUT2D eigenvalue weighted by Crippen LogP contribution is -2.45. The number of hydrogen-bond acceptors (Lipinski definition) is 8. The number of likely N-dealkylation sites (tertiary alicyclic amines) is 1. The number of fused-ring (bicyclic) bond motifs is 1. The lowest BCUT2D eigenvalue weighted by molar-refractivity contribution is -0.135. The van der Waals surface area contributed by atoms with Crippen molar-refractivity contribution in [3.05, 3.63) is 12.1 Å². The van der Waals surface area contributed by atoms with E-state index in [2.05, 4.69) is 10.2 Å². The topological polar surface area (TPSA) is 100 Å². The van der Waals surface area contributed by atoms with E-state index < -0.39 is 0 Å². The van der Waals surface area contributed by atoms with Gasteiger partial charge in [0, 0.05) is 63.7 Å². The number of nitrogens with zero attached hydrogens (tertiary/aromatic N) is 5. The Morgan fingerprint density at radius 1 is 1.11 bits per heavy atom. The number of aromatic nitrogens is 2. The van der Waals surface area contributed by atoms with Crippen LogP contribution in [0, 0.1) is 5.92 Å². The molecule has 2 aromatic rings. The first-order valence-electron chi connectivity index (χ1n) is 13.5. The maximum atomic E-state index is 13.1. The predicted octanol–water partition coefficient (Wildman–Crippen LogP) is 3.16. The molecule has 1 aromatic heterocycles. The number of anilines is 2. The van der Waals surface area contributed by atoms with Gasteiger partial charge in [-0.15, -0.1) is 0 Å². The molecule has 1 unspecified atom stereocenters. The van der Waals surface area contributed by atoms with Crippen molar-refractivity contribution >= 4 is 34.5 Å². The number of methoxy groups -OCH3 is 2. The zero-order chi connectivity index (χ0) is 26.4. The number of carbonyl (C=O) groups is 2. The first kappa shape index (κ1) is 26.8. The van der Waals surface area contributed by atoms with Gasteiger partial charge in [-0.25, -0.2) is 4.98 Å². The van der Waals surface area contributed by atoms with Gasteiger partial charge in [0.15, 0.2) is 11.5 Å². The molecule has 37 heavy (non-hydrogen) atoms. The monoisotopic (exact) mass is 512 g/mol. The molecule has 10 nitrogen and oxygen atoms in total. The van der Waals surface area contributed by atoms with Crippen molar-refractivity contribution in [1.29, 1.82) is 0 Å².